The van der Waals surface area contributed by atoms with Crippen molar-refractivity contribution in [1.29, 1.82) is 0 Å². The summed E-state index contributed by atoms with van der Waals surface area (Å²) in [4.78, 5) is 36.0. The third-order valence-electron chi connectivity index (χ3n) is 6.57. The summed E-state index contributed by atoms with van der Waals surface area (Å²) in [5, 5.41) is 9.35. The minimum absolute atomic E-state index is 0.115. The van der Waals surface area contributed by atoms with Gasteiger partial charge in [-0.15, -0.1) is 0 Å². The lowest BCUT2D eigenvalue weighted by molar-refractivity contribution is -0.140. The van der Waals surface area contributed by atoms with Crippen LogP contribution in [0.3, 0.4) is 0 Å². The van der Waals surface area contributed by atoms with Crippen molar-refractivity contribution in [3.8, 4) is 5.75 Å². The molecule has 0 atom stereocenters. The maximum absolute atomic E-state index is 14.6. The Kier molecular flexibility index (Phi) is 6.50. The van der Waals surface area contributed by atoms with Crippen molar-refractivity contribution in [2.75, 3.05) is 48.9 Å². The van der Waals surface area contributed by atoms with Gasteiger partial charge in [0.25, 0.3) is 11.8 Å². The predicted molar refractivity (Wildman–Crippen MR) is 135 cm³/mol. The lowest BCUT2D eigenvalue weighted by Gasteiger charge is -2.28. The Balaban J connectivity index is 1.41. The molecule has 37 heavy (non-hydrogen) atoms. The molecule has 0 saturated carbocycles. The normalized spacial score (nSPS) is 18.9. The van der Waals surface area contributed by atoms with Gasteiger partial charge in [0, 0.05) is 24.4 Å². The number of anilines is 4. The third kappa shape index (κ3) is 4.84. The van der Waals surface area contributed by atoms with Gasteiger partial charge in [0.05, 0.1) is 25.5 Å². The van der Waals surface area contributed by atoms with Crippen LogP contribution < -0.4 is 30.5 Å². The summed E-state index contributed by atoms with van der Waals surface area (Å²) < 4.78 is 34.8. The standard InChI is InChI=1S/C25H27F2N7O3/c1-33-19-13-29-24(32-21(19)34(17-4-3-5-17)14-25(26,27)23(33)36)31-18-7-6-15(12-20(18)37-2)22(35)30-16-8-10-28-11-9-16/h3-7,12-13,16,28H,8-11,14H2,1-2H3,(H,30,35)(H,29,31,32). The molecule has 2 aliphatic heterocycles. The summed E-state index contributed by atoms with van der Waals surface area (Å²) in [6, 6.07) is 5.06. The molecule has 5 rings (SSSR count). The van der Waals surface area contributed by atoms with Crippen molar-refractivity contribution in [3.05, 3.63) is 53.9 Å². The van der Waals surface area contributed by atoms with E-state index in [2.05, 4.69) is 25.9 Å². The van der Waals surface area contributed by atoms with Crippen LogP contribution in [0.4, 0.5) is 31.9 Å². The molecule has 0 bridgehead atoms. The highest BCUT2D eigenvalue weighted by Gasteiger charge is 2.48. The first-order chi connectivity index (χ1) is 17.8. The van der Waals surface area contributed by atoms with E-state index in [9.17, 15) is 18.4 Å². The summed E-state index contributed by atoms with van der Waals surface area (Å²) in [7, 11) is 2.75. The molecule has 2 amide bonds. The van der Waals surface area contributed by atoms with E-state index in [-0.39, 0.29) is 29.4 Å². The maximum atomic E-state index is 14.6. The molecule has 3 aliphatic rings. The minimum Gasteiger partial charge on any atom is -0.495 e. The number of nitrogens with zero attached hydrogens (tertiary/aromatic N) is 4. The molecular formula is C25H27F2N7O3. The molecule has 0 spiro atoms. The predicted octanol–water partition coefficient (Wildman–Crippen LogP) is 2.58. The largest absolute Gasteiger partial charge is 0.495 e. The Morgan fingerprint density at radius 2 is 2.03 bits per heavy atom. The monoisotopic (exact) mass is 511 g/mol. The van der Waals surface area contributed by atoms with E-state index in [4.69, 9.17) is 4.74 Å². The average molecular weight is 512 g/mol. The van der Waals surface area contributed by atoms with Gasteiger partial charge >= 0.3 is 5.92 Å². The number of rotatable bonds is 6. The molecule has 10 nitrogen and oxygen atoms in total. The van der Waals surface area contributed by atoms with Gasteiger partial charge in [-0.1, -0.05) is 6.08 Å². The number of ether oxygens (including phenoxy) is 1. The summed E-state index contributed by atoms with van der Waals surface area (Å²) in [6.45, 7) is 0.884. The highest BCUT2D eigenvalue weighted by atomic mass is 19.3. The Bertz CT molecular complexity index is 1290. The van der Waals surface area contributed by atoms with E-state index < -0.39 is 18.4 Å². The van der Waals surface area contributed by atoms with Crippen molar-refractivity contribution in [1.82, 2.24) is 20.6 Å². The zero-order valence-electron chi connectivity index (χ0n) is 20.4. The van der Waals surface area contributed by atoms with Crippen molar-refractivity contribution in [3.63, 3.8) is 0 Å². The van der Waals surface area contributed by atoms with E-state index in [1.807, 2.05) is 0 Å². The molecule has 1 aromatic heterocycles. The molecular weight excluding hydrogens is 484 g/mol. The number of aromatic nitrogens is 2. The van der Waals surface area contributed by atoms with Crippen molar-refractivity contribution in [2.24, 2.45) is 0 Å². The number of hydrogen-bond acceptors (Lipinski definition) is 8. The number of allylic oxidation sites excluding steroid dienone is 3. The summed E-state index contributed by atoms with van der Waals surface area (Å²) in [6.07, 6.45) is 8.12. The Morgan fingerprint density at radius 3 is 2.70 bits per heavy atom. The second kappa shape index (κ2) is 9.77. The Labute approximate surface area is 212 Å². The molecule has 2 aromatic rings. The van der Waals surface area contributed by atoms with Crippen LogP contribution in [0.25, 0.3) is 0 Å². The maximum Gasteiger partial charge on any atom is 0.342 e. The van der Waals surface area contributed by atoms with Gasteiger partial charge in [0.15, 0.2) is 5.82 Å². The van der Waals surface area contributed by atoms with E-state index in [1.54, 1.807) is 36.4 Å². The number of alkyl halides is 2. The number of carbonyl (C=O) groups is 2. The second-order valence-electron chi connectivity index (χ2n) is 9.05. The lowest BCUT2D eigenvalue weighted by atomic mass is 10.1. The molecule has 1 fully saturated rings. The third-order valence-corrected chi connectivity index (χ3v) is 6.57. The van der Waals surface area contributed by atoms with Gasteiger partial charge in [-0.05, 0) is 56.3 Å². The average Bonchev–Trinajstić information content (AvgIpc) is 2.93. The number of nitrogens with one attached hydrogen (secondary N) is 3. The fraction of sp³-hybridized carbons (Fsp3) is 0.360. The van der Waals surface area contributed by atoms with Crippen molar-refractivity contribution < 1.29 is 23.1 Å². The minimum atomic E-state index is -3.61. The topological polar surface area (TPSA) is 112 Å². The van der Waals surface area contributed by atoms with Crippen molar-refractivity contribution >= 4 is 35.0 Å². The number of halogens is 2. The Hall–Kier alpha value is -4.06. The SMILES string of the molecule is COc1cc(C(=O)NC2CCNCC2)ccc1Nc1ncc2c(n1)N(C1=CC=C1)CC(F)(F)C(=O)N2C. The number of carbonyl (C=O) groups excluding carboxylic acids is 2. The number of amides is 2. The fourth-order valence-corrected chi connectivity index (χ4v) is 4.42. The summed E-state index contributed by atoms with van der Waals surface area (Å²) in [5.74, 6) is -4.46. The number of benzene rings is 1. The van der Waals surface area contributed by atoms with Gasteiger partial charge in [-0.25, -0.2) is 4.98 Å². The zero-order valence-corrected chi connectivity index (χ0v) is 20.4. The van der Waals surface area contributed by atoms with Crippen LogP contribution in [0.1, 0.15) is 23.2 Å². The highest BCUT2D eigenvalue weighted by molar-refractivity contribution is 6.02. The van der Waals surface area contributed by atoms with Gasteiger partial charge in [-0.3, -0.25) is 9.59 Å². The molecule has 3 N–H and O–H groups in total. The molecule has 3 heterocycles. The molecule has 1 aliphatic carbocycles. The first kappa shape index (κ1) is 24.6. The van der Waals surface area contributed by atoms with Crippen LogP contribution in [0.2, 0.25) is 0 Å². The van der Waals surface area contributed by atoms with Crippen LogP contribution in [0.5, 0.6) is 5.75 Å². The number of piperidine rings is 1. The van der Waals surface area contributed by atoms with Gasteiger partial charge in [-0.2, -0.15) is 13.8 Å². The first-order valence-corrected chi connectivity index (χ1v) is 11.9. The fourth-order valence-electron chi connectivity index (χ4n) is 4.42. The number of fused-ring (bicyclic) bond motifs is 1. The summed E-state index contributed by atoms with van der Waals surface area (Å²) >= 11 is 0. The number of methoxy groups -OCH3 is 1. The van der Waals surface area contributed by atoms with Crippen LogP contribution in [-0.4, -0.2) is 67.5 Å². The Morgan fingerprint density at radius 1 is 1.27 bits per heavy atom. The van der Waals surface area contributed by atoms with Crippen LogP contribution >= 0.6 is 0 Å². The summed E-state index contributed by atoms with van der Waals surface area (Å²) in [5.41, 5.74) is 1.60. The first-order valence-electron chi connectivity index (χ1n) is 11.9. The molecule has 0 radical (unpaired) electrons. The van der Waals surface area contributed by atoms with Crippen LogP contribution in [0, 0.1) is 0 Å². The van der Waals surface area contributed by atoms with Crippen LogP contribution in [0.15, 0.2) is 48.3 Å². The second-order valence-corrected chi connectivity index (χ2v) is 9.05. The lowest BCUT2D eigenvalue weighted by Crippen LogP contribution is -2.46. The van der Waals surface area contributed by atoms with Gasteiger partial charge in [0.1, 0.15) is 11.4 Å². The molecule has 0 unspecified atom stereocenters. The van der Waals surface area contributed by atoms with E-state index in [1.165, 1.54) is 25.3 Å². The molecule has 12 heteroatoms. The molecule has 194 valence electrons. The quantitative estimate of drug-likeness (QED) is 0.543. The van der Waals surface area contributed by atoms with E-state index in [0.717, 1.165) is 30.8 Å². The van der Waals surface area contributed by atoms with E-state index in [0.29, 0.717) is 22.7 Å². The molecule has 1 aromatic carbocycles. The smallest absolute Gasteiger partial charge is 0.342 e. The highest BCUT2D eigenvalue weighted by Crippen LogP contribution is 2.39. The van der Waals surface area contributed by atoms with E-state index >= 15 is 0 Å². The van der Waals surface area contributed by atoms with Gasteiger partial charge < -0.3 is 30.5 Å². The van der Waals surface area contributed by atoms with Crippen LogP contribution in [-0.2, 0) is 4.79 Å². The molecule has 1 saturated heterocycles. The zero-order chi connectivity index (χ0) is 26.2. The van der Waals surface area contributed by atoms with Gasteiger partial charge in [0.2, 0.25) is 5.95 Å². The van der Waals surface area contributed by atoms with Crippen molar-refractivity contribution in [2.45, 2.75) is 24.8 Å². The number of hydrogen-bond donors (Lipinski definition) is 3.